The van der Waals surface area contributed by atoms with Crippen molar-refractivity contribution in [3.63, 3.8) is 0 Å². The van der Waals surface area contributed by atoms with Gasteiger partial charge in [0.05, 0.1) is 4.91 Å². The average molecular weight is 428 g/mol. The number of nitrogens with zero attached hydrogens (tertiary/aromatic N) is 3. The molecule has 0 aromatic heterocycles. The van der Waals surface area contributed by atoms with Gasteiger partial charge in [0, 0.05) is 36.3 Å². The molecule has 0 aliphatic carbocycles. The molecule has 1 fully saturated rings. The highest BCUT2D eigenvalue weighted by Crippen LogP contribution is 2.31. The summed E-state index contributed by atoms with van der Waals surface area (Å²) in [5, 5.41) is 0.825. The average Bonchev–Trinajstić information content (AvgIpc) is 3.05. The van der Waals surface area contributed by atoms with Gasteiger partial charge in [-0.1, -0.05) is 46.3 Å². The monoisotopic (exact) mass is 427 g/mol. The fraction of sp³-hybridized carbons (Fsp3) is 0.200. The third-order valence-electron chi connectivity index (χ3n) is 4.45. The molecule has 4 nitrogen and oxygen atoms in total. The molecule has 2 aromatic carbocycles. The van der Waals surface area contributed by atoms with E-state index in [-0.39, 0.29) is 5.91 Å². The number of hydrogen-bond donors (Lipinski definition) is 0. The van der Waals surface area contributed by atoms with Crippen molar-refractivity contribution in [1.82, 2.24) is 4.90 Å². The Morgan fingerprint density at radius 2 is 1.58 bits per heavy atom. The van der Waals surface area contributed by atoms with Crippen LogP contribution in [0.2, 0.25) is 0 Å². The van der Waals surface area contributed by atoms with Crippen LogP contribution in [0.4, 0.5) is 5.69 Å². The fourth-order valence-corrected chi connectivity index (χ4v) is 4.27. The van der Waals surface area contributed by atoms with Crippen molar-refractivity contribution in [2.75, 3.05) is 31.1 Å². The number of carbonyl (C=O) groups is 1. The van der Waals surface area contributed by atoms with Gasteiger partial charge in [0.1, 0.15) is 0 Å². The summed E-state index contributed by atoms with van der Waals surface area (Å²) in [5.74, 6) is -0.140. The Kier molecular flexibility index (Phi) is 5.13. The first-order valence-electron chi connectivity index (χ1n) is 8.52. The number of amides is 1. The number of anilines is 1. The number of carbonyl (C=O) groups excluding carboxylic acids is 1. The van der Waals surface area contributed by atoms with Crippen molar-refractivity contribution < 1.29 is 4.79 Å². The van der Waals surface area contributed by atoms with Crippen LogP contribution in [0.15, 0.2) is 69.0 Å². The number of hydrogen-bond acceptors (Lipinski definition) is 4. The Hall–Kier alpha value is -2.05. The van der Waals surface area contributed by atoms with Crippen molar-refractivity contribution in [3.05, 3.63) is 69.5 Å². The van der Waals surface area contributed by atoms with Crippen molar-refractivity contribution >= 4 is 50.5 Å². The van der Waals surface area contributed by atoms with E-state index >= 15 is 0 Å². The summed E-state index contributed by atoms with van der Waals surface area (Å²) in [4.78, 5) is 21.8. The molecule has 2 aliphatic rings. The molecule has 0 atom stereocenters. The van der Waals surface area contributed by atoms with E-state index in [4.69, 9.17) is 0 Å². The van der Waals surface area contributed by atoms with Gasteiger partial charge in [-0.3, -0.25) is 4.79 Å². The van der Waals surface area contributed by atoms with Crippen LogP contribution in [0.5, 0.6) is 0 Å². The van der Waals surface area contributed by atoms with Gasteiger partial charge >= 0.3 is 0 Å². The molecule has 2 heterocycles. The summed E-state index contributed by atoms with van der Waals surface area (Å²) in [6, 6.07) is 18.4. The van der Waals surface area contributed by atoms with Crippen molar-refractivity contribution in [3.8, 4) is 0 Å². The third kappa shape index (κ3) is 3.86. The summed E-state index contributed by atoms with van der Waals surface area (Å²) < 4.78 is 1.03. The van der Waals surface area contributed by atoms with E-state index in [2.05, 4.69) is 55.0 Å². The Bertz CT molecular complexity index is 856. The molecule has 26 heavy (non-hydrogen) atoms. The van der Waals surface area contributed by atoms with Crippen LogP contribution in [0.3, 0.4) is 0 Å². The van der Waals surface area contributed by atoms with Gasteiger partial charge in [0.15, 0.2) is 5.17 Å². The number of rotatable bonds is 2. The van der Waals surface area contributed by atoms with Gasteiger partial charge in [-0.2, -0.15) is 4.99 Å². The van der Waals surface area contributed by atoms with Crippen molar-refractivity contribution in [2.24, 2.45) is 4.99 Å². The Morgan fingerprint density at radius 1 is 0.923 bits per heavy atom. The van der Waals surface area contributed by atoms with Gasteiger partial charge in [-0.05, 0) is 47.7 Å². The molecule has 0 N–H and O–H groups in total. The molecule has 0 unspecified atom stereocenters. The van der Waals surface area contributed by atoms with Gasteiger partial charge in [-0.25, -0.2) is 0 Å². The van der Waals surface area contributed by atoms with Crippen LogP contribution >= 0.6 is 27.7 Å². The molecular formula is C20H18BrN3OS. The predicted molar refractivity (Wildman–Crippen MR) is 112 cm³/mol. The van der Waals surface area contributed by atoms with E-state index in [1.54, 1.807) is 0 Å². The van der Waals surface area contributed by atoms with Crippen LogP contribution in [0.1, 0.15) is 5.56 Å². The number of halogens is 1. The van der Waals surface area contributed by atoms with Crippen LogP contribution in [-0.4, -0.2) is 42.2 Å². The van der Waals surface area contributed by atoms with E-state index in [0.717, 1.165) is 41.4 Å². The standard InChI is InChI=1S/C20H18BrN3OS/c21-16-8-6-15(7-9-16)14-18-19(25)22-20(26-18)24-12-10-23(11-13-24)17-4-2-1-3-5-17/h1-9,14H,10-13H2/b18-14+. The highest BCUT2D eigenvalue weighted by atomic mass is 79.9. The van der Waals surface area contributed by atoms with E-state index in [1.165, 1.54) is 17.4 Å². The molecule has 0 bridgehead atoms. The minimum atomic E-state index is -0.140. The minimum Gasteiger partial charge on any atom is -0.368 e. The predicted octanol–water partition coefficient (Wildman–Crippen LogP) is 4.24. The first-order valence-corrected chi connectivity index (χ1v) is 10.1. The summed E-state index contributed by atoms with van der Waals surface area (Å²) >= 11 is 4.91. The zero-order valence-electron chi connectivity index (χ0n) is 14.1. The van der Waals surface area contributed by atoms with Crippen LogP contribution in [-0.2, 0) is 4.79 Å². The van der Waals surface area contributed by atoms with Crippen LogP contribution in [0, 0.1) is 0 Å². The molecule has 0 saturated carbocycles. The van der Waals surface area contributed by atoms with Gasteiger partial charge in [0.25, 0.3) is 5.91 Å². The zero-order chi connectivity index (χ0) is 17.9. The second-order valence-corrected chi connectivity index (χ2v) is 8.10. The lowest BCUT2D eigenvalue weighted by Crippen LogP contribution is -2.47. The summed E-state index contributed by atoms with van der Waals surface area (Å²) in [5.41, 5.74) is 2.26. The smallest absolute Gasteiger partial charge is 0.286 e. The molecule has 2 aromatic rings. The van der Waals surface area contributed by atoms with Crippen LogP contribution < -0.4 is 4.90 Å². The highest BCUT2D eigenvalue weighted by Gasteiger charge is 2.28. The second-order valence-electron chi connectivity index (χ2n) is 6.17. The lowest BCUT2D eigenvalue weighted by atomic mass is 10.2. The van der Waals surface area contributed by atoms with Crippen molar-refractivity contribution in [1.29, 1.82) is 0 Å². The van der Waals surface area contributed by atoms with E-state index in [1.807, 2.05) is 36.4 Å². The first kappa shape index (κ1) is 17.4. The Labute approximate surface area is 165 Å². The lowest BCUT2D eigenvalue weighted by molar-refractivity contribution is -0.113. The zero-order valence-corrected chi connectivity index (χ0v) is 16.5. The Balaban J connectivity index is 1.40. The number of aliphatic imine (C=N–C) groups is 1. The number of para-hydroxylation sites is 1. The maximum atomic E-state index is 12.3. The van der Waals surface area contributed by atoms with Gasteiger partial charge in [-0.15, -0.1) is 0 Å². The number of thioether (sulfide) groups is 1. The van der Waals surface area contributed by atoms with E-state index in [9.17, 15) is 4.79 Å². The molecular weight excluding hydrogens is 410 g/mol. The molecule has 4 rings (SSSR count). The molecule has 2 aliphatic heterocycles. The summed E-state index contributed by atoms with van der Waals surface area (Å²) in [7, 11) is 0. The summed E-state index contributed by atoms with van der Waals surface area (Å²) in [6.45, 7) is 3.62. The number of piperazine rings is 1. The van der Waals surface area contributed by atoms with Crippen molar-refractivity contribution in [2.45, 2.75) is 0 Å². The summed E-state index contributed by atoms with van der Waals surface area (Å²) in [6.07, 6.45) is 1.91. The van der Waals surface area contributed by atoms with E-state index < -0.39 is 0 Å². The second kappa shape index (κ2) is 7.68. The Morgan fingerprint density at radius 3 is 2.27 bits per heavy atom. The molecule has 0 radical (unpaired) electrons. The maximum Gasteiger partial charge on any atom is 0.286 e. The number of benzene rings is 2. The molecule has 6 heteroatoms. The number of amidine groups is 1. The van der Waals surface area contributed by atoms with Gasteiger partial charge in [0.2, 0.25) is 0 Å². The van der Waals surface area contributed by atoms with Crippen LogP contribution in [0.25, 0.3) is 6.08 Å². The largest absolute Gasteiger partial charge is 0.368 e. The first-order chi connectivity index (χ1) is 12.7. The lowest BCUT2D eigenvalue weighted by Gasteiger charge is -2.36. The maximum absolute atomic E-state index is 12.3. The molecule has 132 valence electrons. The molecule has 1 amide bonds. The van der Waals surface area contributed by atoms with E-state index in [0.29, 0.717) is 4.91 Å². The molecule has 0 spiro atoms. The topological polar surface area (TPSA) is 35.9 Å². The highest BCUT2D eigenvalue weighted by molar-refractivity contribution is 9.10. The SMILES string of the molecule is O=C1N=C(N2CCN(c3ccccc3)CC2)S/C1=C/c1ccc(Br)cc1. The fourth-order valence-electron chi connectivity index (χ4n) is 3.04. The minimum absolute atomic E-state index is 0.140. The third-order valence-corrected chi connectivity index (χ3v) is 6.02. The normalized spacial score (nSPS) is 19.2. The quantitative estimate of drug-likeness (QED) is 0.671. The van der Waals surface area contributed by atoms with Gasteiger partial charge < -0.3 is 9.80 Å². The molecule has 1 saturated heterocycles.